The summed E-state index contributed by atoms with van der Waals surface area (Å²) in [5.74, 6) is 0. The number of hydrogen-bond donors (Lipinski definition) is 1. The molecule has 0 rings (SSSR count). The lowest BCUT2D eigenvalue weighted by Gasteiger charge is -1.73. The van der Waals surface area contributed by atoms with E-state index < -0.39 is 0 Å². The molecule has 4 heteroatoms. The molecule has 0 heterocycles. The fourth-order valence-corrected chi connectivity index (χ4v) is 0. The van der Waals surface area contributed by atoms with Gasteiger partial charge in [-0.1, -0.05) is 0 Å². The lowest BCUT2D eigenvalue weighted by atomic mass is 10.4. The Labute approximate surface area is 31.1 Å². The van der Waals surface area contributed by atoms with Crippen molar-refractivity contribution < 1.29 is 0 Å². The molecule has 2 atom stereocenters. The van der Waals surface area contributed by atoms with E-state index in [2.05, 4.69) is 18.2 Å². The van der Waals surface area contributed by atoms with E-state index in [9.17, 15) is 0 Å². The molecule has 0 aromatic rings. The molecule has 0 bridgehead atoms. The predicted octanol–water partition coefficient (Wildman–Crippen LogP) is -0.320. The zero-order chi connectivity index (χ0) is 3.58. The minimum atomic E-state index is 0.167. The van der Waals surface area contributed by atoms with E-state index in [1.165, 1.54) is 0 Å². The molecule has 2 N–H and O–H groups in total. The van der Waals surface area contributed by atoms with Crippen molar-refractivity contribution >= 4 is 24.5 Å². The summed E-state index contributed by atoms with van der Waals surface area (Å²) in [6, 6.07) is 0. The van der Waals surface area contributed by atoms with Crippen molar-refractivity contribution in [2.75, 3.05) is 0 Å². The fourth-order valence-electron chi connectivity index (χ4n) is 0. The van der Waals surface area contributed by atoms with Crippen molar-refractivity contribution in [2.45, 2.75) is 0 Å². The maximum Gasteiger partial charge on any atom is 0.263 e. The Bertz CT molecular complexity index is 10.8. The van der Waals surface area contributed by atoms with Crippen LogP contribution in [0, 0.1) is 0 Å². The molecule has 2 unspecified atom stereocenters. The smallest absolute Gasteiger partial charge is 0.263 e. The Morgan fingerprint density at radius 2 is 1.50 bits per heavy atom. The summed E-state index contributed by atoms with van der Waals surface area (Å²) in [6.07, 6.45) is 0.167. The fraction of sp³-hybridized carbons (Fsp3) is 0. The average molecular weight is 92.8 g/mol. The van der Waals surface area contributed by atoms with Crippen molar-refractivity contribution in [1.82, 2.24) is 0 Å². The Hall–Kier alpha value is 0.885. The Morgan fingerprint density at radius 3 is 1.50 bits per heavy atom. The highest BCUT2D eigenvalue weighted by Crippen LogP contribution is 1.90. The maximum absolute atomic E-state index is 5.04. The van der Waals surface area contributed by atoms with Crippen LogP contribution < -0.4 is 5.64 Å². The highest BCUT2D eigenvalue weighted by molar-refractivity contribution is 7.92. The molecule has 0 amide bonds. The van der Waals surface area contributed by atoms with Crippen LogP contribution in [0.3, 0.4) is 0 Å². The van der Waals surface area contributed by atoms with E-state index in [0.717, 1.165) is 0 Å². The van der Waals surface area contributed by atoms with Crippen LogP contribution in [0.25, 0.3) is 0 Å². The first-order valence-electron chi connectivity index (χ1n) is 1.00. The maximum atomic E-state index is 5.04. The molecule has 24 valence electrons. The van der Waals surface area contributed by atoms with Gasteiger partial charge in [-0.05, 0) is 0 Å². The number of nitrogens with two attached hydrogens (primary N) is 1. The number of hydrogen-bond acceptors (Lipinski definition) is 1. The highest BCUT2D eigenvalue weighted by atomic mass is 31.1. The van der Waals surface area contributed by atoms with Gasteiger partial charge in [0.05, 0.1) is 0 Å². The summed E-state index contributed by atoms with van der Waals surface area (Å²) in [7, 11) is 4.80. The van der Waals surface area contributed by atoms with Crippen LogP contribution in [-0.2, 0) is 0 Å². The topological polar surface area (TPSA) is 26.0 Å². The van der Waals surface area contributed by atoms with Crippen molar-refractivity contribution in [2.24, 2.45) is 5.64 Å². The molecule has 0 aliphatic rings. The van der Waals surface area contributed by atoms with Gasteiger partial charge in [0.25, 0.3) is 6.29 Å². The molecule has 1 nitrogen and oxygen atoms in total. The van der Waals surface area contributed by atoms with Crippen LogP contribution >= 0.6 is 18.2 Å². The van der Waals surface area contributed by atoms with Gasteiger partial charge in [-0.3, -0.25) is 0 Å². The first-order valence-corrected chi connectivity index (χ1v) is 2.33. The van der Waals surface area contributed by atoms with E-state index in [1.807, 2.05) is 0 Å². The molecular weight excluding hydrogens is 86.8 g/mol. The number of rotatable bonds is 0. The first kappa shape index (κ1) is 4.88. The zero-order valence-electron chi connectivity index (χ0n) is 2.31. The first-order chi connectivity index (χ1) is 1.73. The molecule has 4 heavy (non-hydrogen) atoms. The van der Waals surface area contributed by atoms with Gasteiger partial charge in [-0.15, -0.1) is 18.2 Å². The van der Waals surface area contributed by atoms with E-state index in [0.29, 0.717) is 0 Å². The minimum Gasteiger partial charge on any atom is -0.362 e. The Balaban J connectivity index is 2.32. The van der Waals surface area contributed by atoms with Gasteiger partial charge in [-0.2, -0.15) is 0 Å². The van der Waals surface area contributed by atoms with E-state index in [4.69, 9.17) is 5.64 Å². The second-order valence-electron chi connectivity index (χ2n) is 0.577. The average Bonchev–Trinajstić information content (AvgIpc) is 0.811. The quantitative estimate of drug-likeness (QED) is 0.322. The third kappa shape index (κ3) is 13.1. The van der Waals surface area contributed by atoms with Gasteiger partial charge in [0.2, 0.25) is 0 Å². The summed E-state index contributed by atoms with van der Waals surface area (Å²) in [5.41, 5.74) is 5.04. The van der Waals surface area contributed by atoms with Gasteiger partial charge in [0, 0.05) is 0 Å². The molecular formula is H6BNP2. The van der Waals surface area contributed by atoms with Crippen molar-refractivity contribution in [3.63, 3.8) is 0 Å². The molecule has 0 fully saturated rings. The van der Waals surface area contributed by atoms with Gasteiger partial charge in [-0.25, -0.2) is 0 Å². The zero-order valence-corrected chi connectivity index (χ0v) is 4.62. The van der Waals surface area contributed by atoms with Gasteiger partial charge >= 0.3 is 0 Å². The third-order valence-corrected chi connectivity index (χ3v) is 0. The SMILES string of the molecule is NB(P)P. The van der Waals surface area contributed by atoms with Crippen LogP contribution in [-0.4, -0.2) is 6.29 Å². The molecule has 0 spiro atoms. The Kier molecular flexibility index (Phi) is 2.62. The standard InChI is InChI=1S/BH6NP2/c2-1(3)4/h2-4H2. The largest absolute Gasteiger partial charge is 0.362 e. The van der Waals surface area contributed by atoms with E-state index in [1.54, 1.807) is 0 Å². The van der Waals surface area contributed by atoms with Crippen LogP contribution in [0.2, 0.25) is 0 Å². The molecule has 0 aliphatic carbocycles. The predicted molar refractivity (Wildman–Crippen MR) is 29.4 cm³/mol. The van der Waals surface area contributed by atoms with Crippen LogP contribution in [0.4, 0.5) is 0 Å². The van der Waals surface area contributed by atoms with Gasteiger partial charge in [0.15, 0.2) is 0 Å². The monoisotopic (exact) mass is 93.0 g/mol. The molecule has 0 aliphatic heterocycles. The second-order valence-corrected chi connectivity index (χ2v) is 2.89. The van der Waals surface area contributed by atoms with Crippen LogP contribution in [0.15, 0.2) is 0 Å². The van der Waals surface area contributed by atoms with Gasteiger partial charge in [0.1, 0.15) is 0 Å². The summed E-state index contributed by atoms with van der Waals surface area (Å²) >= 11 is 0. The summed E-state index contributed by atoms with van der Waals surface area (Å²) in [4.78, 5) is 0. The minimum absolute atomic E-state index is 0.167. The van der Waals surface area contributed by atoms with Crippen LogP contribution in [0.5, 0.6) is 0 Å². The summed E-state index contributed by atoms with van der Waals surface area (Å²) in [5, 5.41) is 0. The highest BCUT2D eigenvalue weighted by Gasteiger charge is 1.77. The van der Waals surface area contributed by atoms with Crippen molar-refractivity contribution in [3.05, 3.63) is 0 Å². The van der Waals surface area contributed by atoms with Gasteiger partial charge < -0.3 is 5.64 Å². The third-order valence-electron chi connectivity index (χ3n) is 0. The molecule has 0 aromatic carbocycles. The Morgan fingerprint density at radius 1 is 1.50 bits per heavy atom. The second kappa shape index (κ2) is 2.14. The molecule has 0 aromatic heterocycles. The van der Waals surface area contributed by atoms with Crippen molar-refractivity contribution in [1.29, 1.82) is 0 Å². The molecule has 0 radical (unpaired) electrons. The summed E-state index contributed by atoms with van der Waals surface area (Å²) < 4.78 is 0. The summed E-state index contributed by atoms with van der Waals surface area (Å²) in [6.45, 7) is 0. The van der Waals surface area contributed by atoms with Crippen LogP contribution in [0.1, 0.15) is 0 Å². The molecule has 0 saturated heterocycles. The lowest BCUT2D eigenvalue weighted by molar-refractivity contribution is 1.97. The van der Waals surface area contributed by atoms with E-state index in [-0.39, 0.29) is 6.29 Å². The van der Waals surface area contributed by atoms with E-state index >= 15 is 0 Å². The lowest BCUT2D eigenvalue weighted by Crippen LogP contribution is -2.04. The normalized spacial score (nSPS) is 6.75. The molecule has 0 saturated carbocycles. The van der Waals surface area contributed by atoms with Crippen molar-refractivity contribution in [3.8, 4) is 0 Å².